The maximum absolute atomic E-state index is 4.65. The Kier molecular flexibility index (Phi) is 3.54. The van der Waals surface area contributed by atoms with Crippen LogP contribution in [0.2, 0.25) is 0 Å². The van der Waals surface area contributed by atoms with Gasteiger partial charge in [-0.05, 0) is 31.8 Å². The molecule has 1 aromatic rings. The Bertz CT molecular complexity index is 277. The molecule has 0 saturated carbocycles. The van der Waals surface area contributed by atoms with Crippen molar-refractivity contribution in [2.75, 3.05) is 13.1 Å². The number of nitrogens with one attached hydrogen (secondary N) is 1. The van der Waals surface area contributed by atoms with Crippen LogP contribution in [0.25, 0.3) is 0 Å². The predicted octanol–water partition coefficient (Wildman–Crippen LogP) is 2.25. The third-order valence-corrected chi connectivity index (χ3v) is 3.65. The zero-order chi connectivity index (χ0) is 9.80. The van der Waals surface area contributed by atoms with Gasteiger partial charge in [-0.15, -0.1) is 11.3 Å². The second kappa shape index (κ2) is 4.89. The molecule has 1 atom stereocenters. The third kappa shape index (κ3) is 2.55. The van der Waals surface area contributed by atoms with Crippen LogP contribution in [-0.2, 0) is 12.8 Å². The van der Waals surface area contributed by atoms with Crippen molar-refractivity contribution < 1.29 is 0 Å². The van der Waals surface area contributed by atoms with E-state index in [1.165, 1.54) is 43.1 Å². The lowest BCUT2D eigenvalue weighted by Gasteiger charge is -2.03. The van der Waals surface area contributed by atoms with Crippen molar-refractivity contribution in [3.05, 3.63) is 16.1 Å². The molecule has 14 heavy (non-hydrogen) atoms. The average Bonchev–Trinajstić information content (AvgIpc) is 2.79. The van der Waals surface area contributed by atoms with Crippen LogP contribution >= 0.6 is 11.3 Å². The van der Waals surface area contributed by atoms with Crippen molar-refractivity contribution in [1.82, 2.24) is 10.3 Å². The molecule has 1 aromatic heterocycles. The van der Waals surface area contributed by atoms with Crippen molar-refractivity contribution >= 4 is 11.3 Å². The van der Waals surface area contributed by atoms with Gasteiger partial charge in [-0.3, -0.25) is 0 Å². The molecule has 1 aliphatic heterocycles. The monoisotopic (exact) mass is 210 g/mol. The van der Waals surface area contributed by atoms with E-state index in [2.05, 4.69) is 22.6 Å². The molecule has 0 radical (unpaired) electrons. The Morgan fingerprint density at radius 1 is 1.64 bits per heavy atom. The van der Waals surface area contributed by atoms with Crippen molar-refractivity contribution in [2.45, 2.75) is 32.6 Å². The van der Waals surface area contributed by atoms with Gasteiger partial charge in [0.25, 0.3) is 0 Å². The molecule has 1 unspecified atom stereocenters. The molecule has 2 nitrogen and oxygen atoms in total. The number of thiazole rings is 1. The van der Waals surface area contributed by atoms with Crippen LogP contribution in [0.5, 0.6) is 0 Å². The Labute approximate surface area is 89.8 Å². The van der Waals surface area contributed by atoms with Crippen molar-refractivity contribution in [3.8, 4) is 0 Å². The average molecular weight is 210 g/mol. The summed E-state index contributed by atoms with van der Waals surface area (Å²) in [7, 11) is 0. The molecular formula is C11H18N2S. The summed E-state index contributed by atoms with van der Waals surface area (Å²) in [6, 6.07) is 0. The molecule has 1 aliphatic rings. The van der Waals surface area contributed by atoms with E-state index < -0.39 is 0 Å². The maximum atomic E-state index is 4.65. The van der Waals surface area contributed by atoms with Gasteiger partial charge in [-0.25, -0.2) is 4.98 Å². The fraction of sp³-hybridized carbons (Fsp3) is 0.727. The first-order valence-corrected chi connectivity index (χ1v) is 6.40. The normalized spacial score (nSPS) is 21.6. The minimum atomic E-state index is 0.829. The first-order valence-electron chi connectivity index (χ1n) is 5.52. The summed E-state index contributed by atoms with van der Waals surface area (Å²) in [5.74, 6) is 0.829. The van der Waals surface area contributed by atoms with E-state index in [1.54, 1.807) is 0 Å². The van der Waals surface area contributed by atoms with Gasteiger partial charge in [-0.2, -0.15) is 0 Å². The Hall–Kier alpha value is -0.410. The number of aryl methyl sites for hydroxylation is 1. The molecule has 78 valence electrons. The highest BCUT2D eigenvalue weighted by atomic mass is 32.1. The number of rotatable bonds is 4. The predicted molar refractivity (Wildman–Crippen MR) is 60.8 cm³/mol. The van der Waals surface area contributed by atoms with E-state index in [1.807, 2.05) is 11.3 Å². The molecule has 0 aliphatic carbocycles. The molecule has 1 fully saturated rings. The highest BCUT2D eigenvalue weighted by molar-refractivity contribution is 7.09. The van der Waals surface area contributed by atoms with E-state index >= 15 is 0 Å². The lowest BCUT2D eigenvalue weighted by atomic mass is 10.1. The lowest BCUT2D eigenvalue weighted by Crippen LogP contribution is -2.10. The highest BCUT2D eigenvalue weighted by Gasteiger charge is 2.16. The summed E-state index contributed by atoms with van der Waals surface area (Å²) < 4.78 is 0. The number of aromatic nitrogens is 1. The first-order chi connectivity index (χ1) is 6.88. The second-order valence-electron chi connectivity index (χ2n) is 4.05. The van der Waals surface area contributed by atoms with Crippen molar-refractivity contribution in [2.24, 2.45) is 5.92 Å². The van der Waals surface area contributed by atoms with Crippen molar-refractivity contribution in [1.29, 1.82) is 0 Å². The van der Waals surface area contributed by atoms with Gasteiger partial charge in [0.05, 0.1) is 10.7 Å². The molecule has 0 aromatic carbocycles. The Morgan fingerprint density at radius 2 is 2.57 bits per heavy atom. The molecule has 0 amide bonds. The number of nitrogens with zero attached hydrogens (tertiary/aromatic N) is 1. The smallest absolute Gasteiger partial charge is 0.0931 e. The van der Waals surface area contributed by atoms with Gasteiger partial charge in [-0.1, -0.05) is 13.3 Å². The zero-order valence-electron chi connectivity index (χ0n) is 8.75. The van der Waals surface area contributed by atoms with Crippen LogP contribution in [0, 0.1) is 5.92 Å². The second-order valence-corrected chi connectivity index (χ2v) is 4.99. The summed E-state index contributed by atoms with van der Waals surface area (Å²) in [5, 5.41) is 6.96. The first kappa shape index (κ1) is 10.1. The molecular weight excluding hydrogens is 192 g/mol. The summed E-state index contributed by atoms with van der Waals surface area (Å²) in [5.41, 5.74) is 1.29. The van der Waals surface area contributed by atoms with E-state index in [9.17, 15) is 0 Å². The van der Waals surface area contributed by atoms with Gasteiger partial charge < -0.3 is 5.32 Å². The Morgan fingerprint density at radius 3 is 3.29 bits per heavy atom. The van der Waals surface area contributed by atoms with Crippen LogP contribution in [0.15, 0.2) is 5.38 Å². The number of hydrogen-bond acceptors (Lipinski definition) is 3. The zero-order valence-corrected chi connectivity index (χ0v) is 9.57. The largest absolute Gasteiger partial charge is 0.316 e. The fourth-order valence-electron chi connectivity index (χ4n) is 1.95. The maximum Gasteiger partial charge on any atom is 0.0931 e. The van der Waals surface area contributed by atoms with Gasteiger partial charge in [0.2, 0.25) is 0 Å². The van der Waals surface area contributed by atoms with Crippen LogP contribution in [0.3, 0.4) is 0 Å². The van der Waals surface area contributed by atoms with E-state index in [-0.39, 0.29) is 0 Å². The van der Waals surface area contributed by atoms with Gasteiger partial charge in [0.15, 0.2) is 0 Å². The van der Waals surface area contributed by atoms with E-state index in [0.29, 0.717) is 0 Å². The van der Waals surface area contributed by atoms with Crippen LogP contribution in [0.1, 0.15) is 30.5 Å². The summed E-state index contributed by atoms with van der Waals surface area (Å²) in [6.07, 6.45) is 4.84. The number of hydrogen-bond donors (Lipinski definition) is 1. The van der Waals surface area contributed by atoms with Crippen molar-refractivity contribution in [3.63, 3.8) is 0 Å². The fourth-order valence-corrected chi connectivity index (χ4v) is 2.89. The minimum absolute atomic E-state index is 0.829. The molecule has 1 N–H and O–H groups in total. The van der Waals surface area contributed by atoms with Gasteiger partial charge >= 0.3 is 0 Å². The van der Waals surface area contributed by atoms with Crippen LogP contribution < -0.4 is 5.32 Å². The SMILES string of the molecule is CCCc1csc(CC2CCNC2)n1. The summed E-state index contributed by atoms with van der Waals surface area (Å²) >= 11 is 1.84. The molecule has 1 saturated heterocycles. The molecule has 2 heterocycles. The van der Waals surface area contributed by atoms with E-state index in [0.717, 1.165) is 12.3 Å². The van der Waals surface area contributed by atoms with Crippen LogP contribution in [0.4, 0.5) is 0 Å². The van der Waals surface area contributed by atoms with Gasteiger partial charge in [0, 0.05) is 11.8 Å². The summed E-state index contributed by atoms with van der Waals surface area (Å²) in [4.78, 5) is 4.65. The molecule has 0 bridgehead atoms. The van der Waals surface area contributed by atoms with Crippen LogP contribution in [-0.4, -0.2) is 18.1 Å². The molecule has 3 heteroatoms. The quantitative estimate of drug-likeness (QED) is 0.824. The highest BCUT2D eigenvalue weighted by Crippen LogP contribution is 2.19. The Balaban J connectivity index is 1.88. The lowest BCUT2D eigenvalue weighted by molar-refractivity contribution is 0.577. The van der Waals surface area contributed by atoms with Gasteiger partial charge in [0.1, 0.15) is 0 Å². The minimum Gasteiger partial charge on any atom is -0.316 e. The third-order valence-electron chi connectivity index (χ3n) is 2.73. The topological polar surface area (TPSA) is 24.9 Å². The molecule has 2 rings (SSSR count). The molecule has 0 spiro atoms. The summed E-state index contributed by atoms with van der Waals surface area (Å²) in [6.45, 7) is 4.58. The van der Waals surface area contributed by atoms with E-state index in [4.69, 9.17) is 0 Å². The standard InChI is InChI=1S/C11H18N2S/c1-2-3-10-8-14-11(13-10)6-9-4-5-12-7-9/h8-9,12H,2-7H2,1H3.